The predicted octanol–water partition coefficient (Wildman–Crippen LogP) is 0.901. The van der Waals surface area contributed by atoms with Crippen molar-refractivity contribution in [1.82, 2.24) is 15.5 Å². The Morgan fingerprint density at radius 1 is 1.50 bits per heavy atom. The van der Waals surface area contributed by atoms with E-state index in [9.17, 15) is 4.39 Å². The Hall–Kier alpha value is -2.48. The third-order valence-corrected chi connectivity index (χ3v) is 2.62. The third-order valence-electron chi connectivity index (χ3n) is 2.62. The van der Waals surface area contributed by atoms with Crippen molar-refractivity contribution in [2.24, 2.45) is 10.9 Å². The summed E-state index contributed by atoms with van der Waals surface area (Å²) in [6.07, 6.45) is 0. The molecule has 1 heterocycles. The molecule has 0 aliphatic carbocycles. The molecular formula is C12H14FN5O2. The second-order valence-corrected chi connectivity index (χ2v) is 4.13. The molecule has 0 amide bonds. The molecule has 0 saturated heterocycles. The number of aromatic nitrogens is 2. The van der Waals surface area contributed by atoms with Crippen LogP contribution in [-0.2, 0) is 13.1 Å². The van der Waals surface area contributed by atoms with Crippen LogP contribution in [0.1, 0.15) is 22.8 Å². The summed E-state index contributed by atoms with van der Waals surface area (Å²) in [5, 5.41) is 18.0. The molecule has 2 rings (SSSR count). The first-order valence-electron chi connectivity index (χ1n) is 5.86. The molecule has 0 atom stereocenters. The number of amidine groups is 1. The lowest BCUT2D eigenvalue weighted by molar-refractivity contribution is 0.318. The Bertz CT molecular complexity index is 626. The van der Waals surface area contributed by atoms with E-state index in [0.29, 0.717) is 35.9 Å². The minimum absolute atomic E-state index is 0.134. The number of aryl methyl sites for hydroxylation is 1. The van der Waals surface area contributed by atoms with Crippen molar-refractivity contribution in [2.45, 2.75) is 20.0 Å². The lowest BCUT2D eigenvalue weighted by Crippen LogP contribution is -2.16. The molecule has 7 nitrogen and oxygen atoms in total. The van der Waals surface area contributed by atoms with Crippen LogP contribution in [0, 0.1) is 12.7 Å². The van der Waals surface area contributed by atoms with Crippen molar-refractivity contribution >= 4 is 5.84 Å². The van der Waals surface area contributed by atoms with Crippen LogP contribution in [0.15, 0.2) is 27.9 Å². The normalized spacial score (nSPS) is 11.8. The molecule has 0 aliphatic rings. The molecule has 8 heteroatoms. The lowest BCUT2D eigenvalue weighted by Gasteiger charge is -2.06. The molecular weight excluding hydrogens is 265 g/mol. The van der Waals surface area contributed by atoms with Crippen LogP contribution < -0.4 is 11.1 Å². The first-order valence-corrected chi connectivity index (χ1v) is 5.86. The molecule has 0 saturated carbocycles. The minimum Gasteiger partial charge on any atom is -0.409 e. The van der Waals surface area contributed by atoms with Gasteiger partial charge in [0.2, 0.25) is 5.89 Å². The van der Waals surface area contributed by atoms with Crippen LogP contribution in [-0.4, -0.2) is 21.2 Å². The van der Waals surface area contributed by atoms with Crippen LogP contribution in [0.25, 0.3) is 0 Å². The van der Waals surface area contributed by atoms with Gasteiger partial charge in [0.25, 0.3) is 0 Å². The molecule has 1 aromatic heterocycles. The molecule has 0 unspecified atom stereocenters. The van der Waals surface area contributed by atoms with Gasteiger partial charge in [0.05, 0.1) is 6.54 Å². The minimum atomic E-state index is -0.441. The average molecular weight is 279 g/mol. The number of nitrogens with one attached hydrogen (secondary N) is 1. The van der Waals surface area contributed by atoms with E-state index in [0.717, 1.165) is 0 Å². The molecule has 0 spiro atoms. The molecule has 0 bridgehead atoms. The van der Waals surface area contributed by atoms with Gasteiger partial charge in [-0.2, -0.15) is 4.98 Å². The number of hydrogen-bond acceptors (Lipinski definition) is 6. The zero-order valence-corrected chi connectivity index (χ0v) is 10.8. The zero-order chi connectivity index (χ0) is 14.5. The summed E-state index contributed by atoms with van der Waals surface area (Å²) in [5.74, 6) is 0.417. The van der Waals surface area contributed by atoms with Gasteiger partial charge < -0.3 is 20.8 Å². The molecule has 20 heavy (non-hydrogen) atoms. The highest BCUT2D eigenvalue weighted by atomic mass is 19.1. The van der Waals surface area contributed by atoms with E-state index in [1.54, 1.807) is 19.1 Å². The monoisotopic (exact) mass is 279 g/mol. The first-order chi connectivity index (χ1) is 9.60. The Morgan fingerprint density at radius 2 is 2.30 bits per heavy atom. The average Bonchev–Trinajstić information content (AvgIpc) is 2.85. The highest BCUT2D eigenvalue weighted by Crippen LogP contribution is 2.10. The summed E-state index contributed by atoms with van der Waals surface area (Å²) in [4.78, 5) is 4.02. The second kappa shape index (κ2) is 6.11. The van der Waals surface area contributed by atoms with Gasteiger partial charge in [-0.1, -0.05) is 22.4 Å². The summed E-state index contributed by atoms with van der Waals surface area (Å²) in [6.45, 7) is 2.37. The number of oxime groups is 1. The maximum atomic E-state index is 13.8. The first kappa shape index (κ1) is 13.9. The largest absolute Gasteiger partial charge is 0.409 e. The standard InChI is InChI=1S/C12H14FN5O2/c1-7-16-11(20-18-7)6-15-5-9-3-2-8(4-10(9)13)12(14)17-19/h2-4,15,19H,5-6H2,1H3,(H2,14,17). The van der Waals surface area contributed by atoms with E-state index >= 15 is 0 Å². The van der Waals surface area contributed by atoms with Crippen molar-refractivity contribution in [3.8, 4) is 0 Å². The van der Waals surface area contributed by atoms with E-state index in [1.807, 2.05) is 0 Å². The number of nitrogens with zero attached hydrogens (tertiary/aromatic N) is 3. The number of rotatable bonds is 5. The maximum absolute atomic E-state index is 13.8. The highest BCUT2D eigenvalue weighted by molar-refractivity contribution is 5.97. The van der Waals surface area contributed by atoms with Crippen LogP contribution in [0.4, 0.5) is 4.39 Å². The SMILES string of the molecule is Cc1noc(CNCc2ccc(C(N)=NO)cc2F)n1. The smallest absolute Gasteiger partial charge is 0.240 e. The van der Waals surface area contributed by atoms with Gasteiger partial charge >= 0.3 is 0 Å². The van der Waals surface area contributed by atoms with E-state index in [-0.39, 0.29) is 5.84 Å². The Labute approximate surface area is 114 Å². The van der Waals surface area contributed by atoms with E-state index < -0.39 is 5.82 Å². The fourth-order valence-electron chi connectivity index (χ4n) is 1.62. The van der Waals surface area contributed by atoms with Gasteiger partial charge in [0.1, 0.15) is 5.82 Å². The number of nitrogens with two attached hydrogens (primary N) is 1. The van der Waals surface area contributed by atoms with E-state index in [1.165, 1.54) is 6.07 Å². The van der Waals surface area contributed by atoms with E-state index in [2.05, 4.69) is 20.6 Å². The third kappa shape index (κ3) is 3.29. The van der Waals surface area contributed by atoms with Crippen molar-refractivity contribution in [3.63, 3.8) is 0 Å². The predicted molar refractivity (Wildman–Crippen MR) is 68.5 cm³/mol. The van der Waals surface area contributed by atoms with Gasteiger partial charge in [-0.15, -0.1) is 0 Å². The molecule has 0 aliphatic heterocycles. The second-order valence-electron chi connectivity index (χ2n) is 4.13. The summed E-state index contributed by atoms with van der Waals surface area (Å²) >= 11 is 0. The van der Waals surface area contributed by atoms with Gasteiger partial charge in [-0.05, 0) is 13.0 Å². The van der Waals surface area contributed by atoms with Gasteiger partial charge in [-0.25, -0.2) is 4.39 Å². The maximum Gasteiger partial charge on any atom is 0.240 e. The summed E-state index contributed by atoms with van der Waals surface area (Å²) < 4.78 is 18.7. The van der Waals surface area contributed by atoms with Crippen molar-refractivity contribution in [3.05, 3.63) is 46.9 Å². The summed E-state index contributed by atoms with van der Waals surface area (Å²) in [5.41, 5.74) is 6.16. The van der Waals surface area contributed by atoms with Crippen molar-refractivity contribution < 1.29 is 14.1 Å². The fourth-order valence-corrected chi connectivity index (χ4v) is 1.62. The van der Waals surface area contributed by atoms with Crippen molar-refractivity contribution in [2.75, 3.05) is 0 Å². The topological polar surface area (TPSA) is 110 Å². The molecule has 0 fully saturated rings. The highest BCUT2D eigenvalue weighted by Gasteiger charge is 2.07. The van der Waals surface area contributed by atoms with E-state index in [4.69, 9.17) is 15.5 Å². The van der Waals surface area contributed by atoms with Gasteiger partial charge in [-0.3, -0.25) is 0 Å². The Balaban J connectivity index is 1.96. The van der Waals surface area contributed by atoms with Gasteiger partial charge in [0, 0.05) is 17.7 Å². The molecule has 106 valence electrons. The number of benzene rings is 1. The zero-order valence-electron chi connectivity index (χ0n) is 10.8. The fraction of sp³-hybridized carbons (Fsp3) is 0.250. The van der Waals surface area contributed by atoms with Crippen LogP contribution >= 0.6 is 0 Å². The number of halogens is 1. The van der Waals surface area contributed by atoms with Crippen molar-refractivity contribution in [1.29, 1.82) is 0 Å². The lowest BCUT2D eigenvalue weighted by atomic mass is 10.1. The van der Waals surface area contributed by atoms with Crippen LogP contribution in [0.3, 0.4) is 0 Å². The molecule has 4 N–H and O–H groups in total. The van der Waals surface area contributed by atoms with Crippen LogP contribution in [0.2, 0.25) is 0 Å². The molecule has 2 aromatic rings. The quantitative estimate of drug-likeness (QED) is 0.325. The molecule has 0 radical (unpaired) electrons. The van der Waals surface area contributed by atoms with Crippen LogP contribution in [0.5, 0.6) is 0 Å². The Morgan fingerprint density at radius 3 is 2.90 bits per heavy atom. The van der Waals surface area contributed by atoms with Gasteiger partial charge in [0.15, 0.2) is 11.7 Å². The Kier molecular flexibility index (Phi) is 4.26. The molecule has 1 aromatic carbocycles. The summed E-state index contributed by atoms with van der Waals surface area (Å²) in [6, 6.07) is 4.35. The summed E-state index contributed by atoms with van der Waals surface area (Å²) in [7, 11) is 0. The number of hydrogen-bond donors (Lipinski definition) is 3.